The summed E-state index contributed by atoms with van der Waals surface area (Å²) in [6.45, 7) is 2.12. The number of carbonyl (C=O) groups is 5. The number of nitrogens with two attached hydrogens (primary N) is 1. The van der Waals surface area contributed by atoms with Gasteiger partial charge in [0.2, 0.25) is 17.7 Å². The van der Waals surface area contributed by atoms with Gasteiger partial charge in [-0.1, -0.05) is 23.7 Å². The van der Waals surface area contributed by atoms with Crippen LogP contribution in [0.4, 0.5) is 11.5 Å². The van der Waals surface area contributed by atoms with E-state index in [2.05, 4.69) is 25.9 Å². The number of halogens is 1. The predicted octanol–water partition coefficient (Wildman–Crippen LogP) is 0.468. The number of carbonyl (C=O) groups excluding carboxylic acids is 5. The molecule has 7 rings (SSSR count). The summed E-state index contributed by atoms with van der Waals surface area (Å²) in [5.74, 6) is -2.07. The number of aromatic nitrogens is 3. The molecule has 2 aromatic heterocycles. The van der Waals surface area contributed by atoms with Gasteiger partial charge in [-0.2, -0.15) is 0 Å². The van der Waals surface area contributed by atoms with Crippen molar-refractivity contribution in [2.45, 2.75) is 55.9 Å². The summed E-state index contributed by atoms with van der Waals surface area (Å²) in [5.41, 5.74) is 7.43. The maximum Gasteiger partial charge on any atom is 0.264 e. The lowest BCUT2D eigenvalue weighted by Gasteiger charge is -2.27. The minimum Gasteiger partial charge on any atom is -0.490 e. The van der Waals surface area contributed by atoms with Gasteiger partial charge in [0.15, 0.2) is 6.23 Å². The van der Waals surface area contributed by atoms with Crippen molar-refractivity contribution >= 4 is 63.7 Å². The van der Waals surface area contributed by atoms with Crippen LogP contribution in [0.15, 0.2) is 55.0 Å². The first-order chi connectivity index (χ1) is 30.4. The number of nitrogen functional groups attached to an aromatic ring is 1. The Balaban J connectivity index is 0.729. The maximum absolute atomic E-state index is 13.2. The highest BCUT2D eigenvalue weighted by Gasteiger charge is 2.48. The summed E-state index contributed by atoms with van der Waals surface area (Å²) in [6, 6.07) is 10.0. The van der Waals surface area contributed by atoms with Crippen LogP contribution in [0.25, 0.3) is 11.0 Å². The monoisotopic (exact) mass is 894 g/mol. The number of amides is 5. The molecule has 8 N–H and O–H groups in total. The molecule has 4 aromatic rings. The van der Waals surface area contributed by atoms with Gasteiger partial charge in [-0.15, -0.1) is 0 Å². The van der Waals surface area contributed by atoms with E-state index >= 15 is 0 Å². The van der Waals surface area contributed by atoms with Crippen molar-refractivity contribution < 1.29 is 63.0 Å². The molecule has 2 unspecified atom stereocenters. The first kappa shape index (κ1) is 45.3. The fourth-order valence-corrected chi connectivity index (χ4v) is 7.62. The van der Waals surface area contributed by atoms with Crippen molar-refractivity contribution in [2.75, 3.05) is 70.4 Å². The summed E-state index contributed by atoms with van der Waals surface area (Å²) in [5, 5.41) is 41.7. The third-order valence-electron chi connectivity index (χ3n) is 10.6. The number of anilines is 2. The van der Waals surface area contributed by atoms with Crippen LogP contribution in [-0.4, -0.2) is 148 Å². The van der Waals surface area contributed by atoms with Crippen LogP contribution in [0.3, 0.4) is 0 Å². The maximum atomic E-state index is 13.2. The zero-order valence-corrected chi connectivity index (χ0v) is 34.6. The lowest BCUT2D eigenvalue weighted by atomic mass is 9.99. The number of hydrogen-bond acceptors (Lipinski definition) is 17. The molecule has 336 valence electrons. The van der Waals surface area contributed by atoms with Crippen molar-refractivity contribution in [2.24, 2.45) is 0 Å². The molecule has 2 aromatic carbocycles. The van der Waals surface area contributed by atoms with E-state index in [-0.39, 0.29) is 99.1 Å². The molecule has 22 heteroatoms. The highest BCUT2D eigenvalue weighted by atomic mass is 35.5. The lowest BCUT2D eigenvalue weighted by Crippen LogP contribution is -2.54. The Kier molecular flexibility index (Phi) is 14.8. The average Bonchev–Trinajstić information content (AvgIpc) is 3.91. The largest absolute Gasteiger partial charge is 0.490 e. The van der Waals surface area contributed by atoms with Crippen molar-refractivity contribution in [1.82, 2.24) is 30.1 Å². The van der Waals surface area contributed by atoms with Gasteiger partial charge >= 0.3 is 0 Å². The second-order valence-electron chi connectivity index (χ2n) is 14.7. The Morgan fingerprint density at radius 1 is 0.952 bits per heavy atom. The van der Waals surface area contributed by atoms with Crippen molar-refractivity contribution in [3.05, 3.63) is 76.7 Å². The molecule has 2 fully saturated rings. The van der Waals surface area contributed by atoms with E-state index in [9.17, 15) is 39.3 Å². The molecule has 0 aliphatic carbocycles. The molecule has 3 aliphatic heterocycles. The second-order valence-corrected chi connectivity index (χ2v) is 15.1. The number of imide groups is 2. The number of hydrogen-bond donors (Lipinski definition) is 7. The summed E-state index contributed by atoms with van der Waals surface area (Å²) in [6.07, 6.45) is -3.39. The zero-order chi connectivity index (χ0) is 44.6. The van der Waals surface area contributed by atoms with Crippen LogP contribution in [-0.2, 0) is 33.3 Å². The van der Waals surface area contributed by atoms with Gasteiger partial charge in [0.1, 0.15) is 60.6 Å². The molecule has 6 atom stereocenters. The van der Waals surface area contributed by atoms with Crippen LogP contribution >= 0.6 is 11.6 Å². The van der Waals surface area contributed by atoms with E-state index in [1.54, 1.807) is 30.5 Å². The SMILES string of the molecule is Nc1ncnc2c1ccn2C1O[C@H]([C@H](O)c2ccc(Cl)c(OCCNC(=O)CCOCCOCCOCCNc3cccc4c3C(=O)N(C3CCC(=O)NC3=O)C4=O)c2)[C@@H](O)[C@H]1O. The zero-order valence-electron chi connectivity index (χ0n) is 33.8. The van der Waals surface area contributed by atoms with Gasteiger partial charge in [-0.25, -0.2) is 9.97 Å². The number of ether oxygens (including phenoxy) is 5. The Bertz CT molecular complexity index is 2330. The molecule has 5 heterocycles. The normalized spacial score (nSPS) is 21.5. The number of aliphatic hydroxyl groups is 3. The van der Waals surface area contributed by atoms with Crippen LogP contribution < -0.4 is 26.4 Å². The Morgan fingerprint density at radius 3 is 2.49 bits per heavy atom. The second kappa shape index (κ2) is 20.6. The molecule has 2 saturated heterocycles. The van der Waals surface area contributed by atoms with E-state index < -0.39 is 60.3 Å². The summed E-state index contributed by atoms with van der Waals surface area (Å²) >= 11 is 6.33. The van der Waals surface area contributed by atoms with Crippen LogP contribution in [0.5, 0.6) is 5.75 Å². The number of piperidine rings is 1. The van der Waals surface area contributed by atoms with Gasteiger partial charge < -0.3 is 59.9 Å². The molecular weight excluding hydrogens is 848 g/mol. The number of rotatable bonds is 21. The van der Waals surface area contributed by atoms with Crippen LogP contribution in [0, 0.1) is 0 Å². The molecule has 0 radical (unpaired) electrons. The number of nitrogens with zero attached hydrogens (tertiary/aromatic N) is 4. The van der Waals surface area contributed by atoms with Crippen LogP contribution in [0.2, 0.25) is 5.02 Å². The standard InChI is InChI=1S/C41H47ClN8O13/c42-25-5-4-22(32(53)35-33(54)34(55)41(63-35)49-12-8-24-36(43)46-21-47-37(24)49)20-28(25)62-15-11-45-29(51)9-13-59-16-18-61-19-17-60-14-10-44-26-3-1-2-23-31(26)40(58)50(39(23)57)27-6-7-30(52)48-38(27)56/h1-5,8,12,20-21,27,32-35,41,44,53-55H,6-7,9-11,13-19H2,(H,45,51)(H2,43,46,47)(H,48,52,56)/t27?,32-,33+,34-,35-,41?/m1/s1. The van der Waals surface area contributed by atoms with Crippen molar-refractivity contribution in [3.8, 4) is 5.75 Å². The van der Waals surface area contributed by atoms with E-state index in [4.69, 9.17) is 41.0 Å². The van der Waals surface area contributed by atoms with E-state index in [1.807, 2.05) is 0 Å². The summed E-state index contributed by atoms with van der Waals surface area (Å²) in [4.78, 5) is 71.5. The van der Waals surface area contributed by atoms with Crippen LogP contribution in [0.1, 0.15) is 57.9 Å². The van der Waals surface area contributed by atoms with E-state index in [1.165, 1.54) is 29.1 Å². The number of benzene rings is 2. The fourth-order valence-electron chi connectivity index (χ4n) is 7.44. The predicted molar refractivity (Wildman–Crippen MR) is 221 cm³/mol. The molecule has 21 nitrogen and oxygen atoms in total. The third-order valence-corrected chi connectivity index (χ3v) is 10.9. The highest BCUT2D eigenvalue weighted by molar-refractivity contribution is 6.32. The quantitative estimate of drug-likeness (QED) is 0.0442. The average molecular weight is 895 g/mol. The smallest absolute Gasteiger partial charge is 0.264 e. The molecule has 0 spiro atoms. The summed E-state index contributed by atoms with van der Waals surface area (Å²) in [7, 11) is 0. The highest BCUT2D eigenvalue weighted by Crippen LogP contribution is 2.39. The molecule has 63 heavy (non-hydrogen) atoms. The van der Waals surface area contributed by atoms with Gasteiger partial charge in [-0.05, 0) is 42.3 Å². The minimum absolute atomic E-state index is 0.0390. The van der Waals surface area contributed by atoms with Gasteiger partial charge in [0, 0.05) is 31.3 Å². The first-order valence-corrected chi connectivity index (χ1v) is 20.6. The molecule has 0 saturated carbocycles. The molecular formula is C41H47ClN8O13. The Morgan fingerprint density at radius 2 is 1.71 bits per heavy atom. The van der Waals surface area contributed by atoms with Gasteiger partial charge in [-0.3, -0.25) is 34.2 Å². The minimum atomic E-state index is -1.45. The van der Waals surface area contributed by atoms with Crippen molar-refractivity contribution in [3.63, 3.8) is 0 Å². The first-order valence-electron chi connectivity index (χ1n) is 20.2. The summed E-state index contributed by atoms with van der Waals surface area (Å²) < 4.78 is 29.8. The van der Waals surface area contributed by atoms with E-state index in [0.717, 1.165) is 4.90 Å². The van der Waals surface area contributed by atoms with E-state index in [0.29, 0.717) is 35.4 Å². The van der Waals surface area contributed by atoms with Gasteiger partial charge in [0.25, 0.3) is 11.8 Å². The molecule has 3 aliphatic rings. The Hall–Kier alpha value is -5.78. The third kappa shape index (κ3) is 10.2. The lowest BCUT2D eigenvalue weighted by molar-refractivity contribution is -0.136. The topological polar surface area (TPSA) is 288 Å². The molecule has 0 bridgehead atoms. The number of nitrogens with one attached hydrogen (secondary N) is 3. The fraction of sp³-hybridized carbons (Fsp3) is 0.439. The molecule has 5 amide bonds. The Labute approximate surface area is 364 Å². The number of fused-ring (bicyclic) bond motifs is 2. The van der Waals surface area contributed by atoms with Crippen molar-refractivity contribution in [1.29, 1.82) is 0 Å². The number of aliphatic hydroxyl groups excluding tert-OH is 3. The van der Waals surface area contributed by atoms with Gasteiger partial charge in [0.05, 0.1) is 67.7 Å².